The fourth-order valence-electron chi connectivity index (χ4n) is 4.88. The molecule has 1 saturated carbocycles. The van der Waals surface area contributed by atoms with Crippen LogP contribution in [0.15, 0.2) is 58.3 Å². The van der Waals surface area contributed by atoms with E-state index in [2.05, 4.69) is 35.9 Å². The lowest BCUT2D eigenvalue weighted by molar-refractivity contribution is -0.140. The molecule has 4 aromatic heterocycles. The Kier molecular flexibility index (Phi) is 7.08. The lowest BCUT2D eigenvalue weighted by Crippen LogP contribution is -2.21. The molecule has 1 aliphatic carbocycles. The number of ether oxygens (including phenoxy) is 1. The van der Waals surface area contributed by atoms with E-state index in [1.807, 2.05) is 0 Å². The van der Waals surface area contributed by atoms with Gasteiger partial charge < -0.3 is 9.30 Å². The molecule has 0 N–H and O–H groups in total. The predicted molar refractivity (Wildman–Crippen MR) is 153 cm³/mol. The number of imidazole rings is 1. The molecular weight excluding hydrogens is 615 g/mol. The van der Waals surface area contributed by atoms with Gasteiger partial charge in [0.25, 0.3) is 5.56 Å². The number of nitrogens with zero attached hydrogens (tertiary/aromatic N) is 7. The molecule has 0 spiro atoms. The molecule has 1 aliphatic rings. The Morgan fingerprint density at radius 3 is 2.55 bits per heavy atom. The number of methoxy groups -OCH3 is 1. The largest absolute Gasteiger partial charge is 0.480 e. The van der Waals surface area contributed by atoms with Crippen LogP contribution in [0.25, 0.3) is 33.8 Å². The predicted octanol–water partition coefficient (Wildman–Crippen LogP) is 6.41. The first kappa shape index (κ1) is 28.0. The highest BCUT2D eigenvalue weighted by Gasteiger charge is 2.35. The van der Waals surface area contributed by atoms with Crippen LogP contribution in [0.1, 0.15) is 55.6 Å². The molecule has 0 unspecified atom stereocenters. The summed E-state index contributed by atoms with van der Waals surface area (Å²) in [5.41, 5.74) is 1.86. The fraction of sp³-hybridized carbons (Fsp3) is 0.310. The first-order valence-corrected chi connectivity index (χ1v) is 14.0. The van der Waals surface area contributed by atoms with Crippen molar-refractivity contribution in [3.8, 4) is 28.7 Å². The first-order chi connectivity index (χ1) is 20.0. The third-order valence-electron chi connectivity index (χ3n) is 7.16. The second-order valence-corrected chi connectivity index (χ2v) is 11.3. The average molecular weight is 640 g/mol. The Bertz CT molecular complexity index is 1880. The zero-order valence-corrected chi connectivity index (χ0v) is 24.4. The lowest BCUT2D eigenvalue weighted by Gasteiger charge is -2.15. The molecule has 0 amide bonds. The first-order valence-electron chi connectivity index (χ1n) is 13.3. The molecule has 0 saturated heterocycles. The van der Waals surface area contributed by atoms with Gasteiger partial charge in [-0.2, -0.15) is 13.2 Å². The van der Waals surface area contributed by atoms with E-state index in [0.29, 0.717) is 38.3 Å². The molecule has 9 nitrogen and oxygen atoms in total. The Balaban J connectivity index is 1.41. The van der Waals surface area contributed by atoms with Gasteiger partial charge in [0.05, 0.1) is 19.3 Å². The highest BCUT2D eigenvalue weighted by molar-refractivity contribution is 9.10. The molecule has 13 heteroatoms. The topological polar surface area (TPSA) is 101 Å². The van der Waals surface area contributed by atoms with E-state index in [1.165, 1.54) is 28.6 Å². The number of rotatable bonds is 7. The van der Waals surface area contributed by atoms with Crippen LogP contribution in [0.3, 0.4) is 0 Å². The molecule has 5 aromatic rings. The summed E-state index contributed by atoms with van der Waals surface area (Å²) in [6.07, 6.45) is 1.59. The smallest absolute Gasteiger partial charge is 0.434 e. The van der Waals surface area contributed by atoms with Gasteiger partial charge in [0.15, 0.2) is 11.5 Å². The standard InChI is InChI=1S/C29H25BrF3N7O2/c1-15(2)39-13-21(29(31,32)33)37-26(39)17-6-7-19(20(30)10-17)12-40-22(41)9-8-18-11-34-25(38-27(18)40)23-24(16-4-5-16)35-14-36-28(23)42-3/h6-11,13-16H,4-5,12H2,1-3H3. The lowest BCUT2D eigenvalue weighted by atomic mass is 10.1. The van der Waals surface area contributed by atoms with Crippen molar-refractivity contribution in [2.45, 2.75) is 51.4 Å². The Morgan fingerprint density at radius 2 is 1.88 bits per heavy atom. The maximum absolute atomic E-state index is 13.4. The molecule has 6 rings (SSSR count). The fourth-order valence-corrected chi connectivity index (χ4v) is 5.38. The minimum atomic E-state index is -4.56. The summed E-state index contributed by atoms with van der Waals surface area (Å²) in [4.78, 5) is 35.1. The summed E-state index contributed by atoms with van der Waals surface area (Å²) in [7, 11) is 1.53. The van der Waals surface area contributed by atoms with Crippen molar-refractivity contribution in [1.29, 1.82) is 0 Å². The number of halogens is 4. The number of fused-ring (bicyclic) bond motifs is 1. The normalized spacial score (nSPS) is 13.7. The van der Waals surface area contributed by atoms with E-state index in [0.717, 1.165) is 30.3 Å². The van der Waals surface area contributed by atoms with Gasteiger partial charge >= 0.3 is 6.18 Å². The molecule has 42 heavy (non-hydrogen) atoms. The monoisotopic (exact) mass is 639 g/mol. The van der Waals surface area contributed by atoms with Crippen molar-refractivity contribution >= 4 is 27.0 Å². The molecule has 0 atom stereocenters. The Morgan fingerprint density at radius 1 is 1.10 bits per heavy atom. The number of hydrogen-bond acceptors (Lipinski definition) is 7. The minimum Gasteiger partial charge on any atom is -0.480 e. The molecular formula is C29H25BrF3N7O2. The van der Waals surface area contributed by atoms with E-state index in [9.17, 15) is 18.0 Å². The Hall–Kier alpha value is -4.13. The summed E-state index contributed by atoms with van der Waals surface area (Å²) in [6, 6.07) is 8.06. The van der Waals surface area contributed by atoms with Gasteiger partial charge in [-0.05, 0) is 44.4 Å². The van der Waals surface area contributed by atoms with E-state index in [4.69, 9.17) is 9.72 Å². The van der Waals surface area contributed by atoms with Gasteiger partial charge in [-0.15, -0.1) is 0 Å². The third-order valence-corrected chi connectivity index (χ3v) is 7.90. The molecule has 216 valence electrons. The van der Waals surface area contributed by atoms with Gasteiger partial charge in [0, 0.05) is 45.8 Å². The van der Waals surface area contributed by atoms with Crippen molar-refractivity contribution in [3.63, 3.8) is 0 Å². The SMILES string of the molecule is COc1ncnc(C2CC2)c1-c1ncc2ccc(=O)n(Cc3ccc(-c4nc(C(F)(F)F)cn4C(C)C)cc3Br)c2n1. The highest BCUT2D eigenvalue weighted by Crippen LogP contribution is 2.45. The maximum Gasteiger partial charge on any atom is 0.434 e. The van der Waals surface area contributed by atoms with Gasteiger partial charge in [0.2, 0.25) is 5.88 Å². The molecule has 1 fully saturated rings. The van der Waals surface area contributed by atoms with Gasteiger partial charge in [0.1, 0.15) is 23.4 Å². The number of pyridine rings is 1. The summed E-state index contributed by atoms with van der Waals surface area (Å²) in [5.74, 6) is 1.20. The van der Waals surface area contributed by atoms with Crippen LogP contribution in [0.2, 0.25) is 0 Å². The van der Waals surface area contributed by atoms with Crippen LogP contribution >= 0.6 is 15.9 Å². The number of benzene rings is 1. The molecule has 0 bridgehead atoms. The van der Waals surface area contributed by atoms with Crippen LogP contribution in [-0.2, 0) is 12.7 Å². The van der Waals surface area contributed by atoms with Crippen LogP contribution in [0.4, 0.5) is 13.2 Å². The van der Waals surface area contributed by atoms with Gasteiger partial charge in [-0.1, -0.05) is 28.1 Å². The van der Waals surface area contributed by atoms with Crippen molar-refractivity contribution < 1.29 is 17.9 Å². The number of aromatic nitrogens is 7. The highest BCUT2D eigenvalue weighted by atomic mass is 79.9. The average Bonchev–Trinajstić information content (AvgIpc) is 3.70. The van der Waals surface area contributed by atoms with Crippen molar-refractivity contribution in [1.82, 2.24) is 34.1 Å². The summed E-state index contributed by atoms with van der Waals surface area (Å²) in [5, 5.41) is 0.661. The minimum absolute atomic E-state index is 0.151. The third kappa shape index (κ3) is 5.17. The van der Waals surface area contributed by atoms with E-state index in [1.54, 1.807) is 44.3 Å². The summed E-state index contributed by atoms with van der Waals surface area (Å²) in [6.45, 7) is 3.74. The van der Waals surface area contributed by atoms with Crippen LogP contribution in [0, 0.1) is 0 Å². The van der Waals surface area contributed by atoms with Crippen LogP contribution < -0.4 is 10.3 Å². The van der Waals surface area contributed by atoms with E-state index in [-0.39, 0.29) is 29.9 Å². The van der Waals surface area contributed by atoms with Crippen LogP contribution in [-0.4, -0.2) is 41.2 Å². The summed E-state index contributed by atoms with van der Waals surface area (Å²) < 4.78 is 49.4. The molecule has 1 aromatic carbocycles. The van der Waals surface area contributed by atoms with Crippen molar-refractivity contribution in [3.05, 3.63) is 80.8 Å². The van der Waals surface area contributed by atoms with Gasteiger partial charge in [-0.25, -0.2) is 24.9 Å². The van der Waals surface area contributed by atoms with Gasteiger partial charge in [-0.3, -0.25) is 9.36 Å². The quantitative estimate of drug-likeness (QED) is 0.203. The maximum atomic E-state index is 13.4. The zero-order valence-electron chi connectivity index (χ0n) is 22.9. The molecule has 0 radical (unpaired) electrons. The van der Waals surface area contributed by atoms with E-state index >= 15 is 0 Å². The summed E-state index contributed by atoms with van der Waals surface area (Å²) >= 11 is 3.56. The Labute approximate surface area is 246 Å². The molecule has 4 heterocycles. The van der Waals surface area contributed by atoms with Crippen molar-refractivity contribution in [2.75, 3.05) is 7.11 Å². The number of alkyl halides is 3. The van der Waals surface area contributed by atoms with Crippen LogP contribution in [0.5, 0.6) is 5.88 Å². The second-order valence-electron chi connectivity index (χ2n) is 10.4. The second kappa shape index (κ2) is 10.6. The molecule has 0 aliphatic heterocycles. The van der Waals surface area contributed by atoms with Crippen molar-refractivity contribution in [2.24, 2.45) is 0 Å². The van der Waals surface area contributed by atoms with E-state index < -0.39 is 11.9 Å². The number of hydrogen-bond donors (Lipinski definition) is 0. The zero-order chi connectivity index (χ0) is 29.8.